The summed E-state index contributed by atoms with van der Waals surface area (Å²) in [5, 5.41) is 0.259. The van der Waals surface area contributed by atoms with Gasteiger partial charge < -0.3 is 4.43 Å². The molecule has 0 aromatic rings. The molecule has 0 fully saturated rings. The lowest BCUT2D eigenvalue weighted by Gasteiger charge is -2.38. The molecule has 0 radical (unpaired) electrons. The minimum absolute atomic E-state index is 0.218. The normalized spacial score (nSPS) is 22.9. The first-order chi connectivity index (χ1) is 8.08. The molecule has 102 valence electrons. The molecule has 0 amide bonds. The van der Waals surface area contributed by atoms with Gasteiger partial charge in [0.05, 0.1) is 6.10 Å². The van der Waals surface area contributed by atoms with Crippen molar-refractivity contribution in [2.24, 2.45) is 5.92 Å². The third-order valence-electron chi connectivity index (χ3n) is 4.32. The third-order valence-corrected chi connectivity index (χ3v) is 8.82. The second kappa shape index (κ2) is 5.18. The highest BCUT2D eigenvalue weighted by molar-refractivity contribution is 6.74. The molecule has 1 nitrogen and oxygen atoms in total. The topological polar surface area (TPSA) is 9.23 Å². The molecule has 0 aliphatic heterocycles. The Morgan fingerprint density at radius 3 is 2.44 bits per heavy atom. The molecule has 0 aromatic heterocycles. The zero-order valence-corrected chi connectivity index (χ0v) is 13.8. The molecular weight excluding hydrogens is 236 g/mol. The van der Waals surface area contributed by atoms with Gasteiger partial charge in [0.15, 0.2) is 8.32 Å². The minimum atomic E-state index is -1.69. The Morgan fingerprint density at radius 2 is 2.00 bits per heavy atom. The zero-order chi connectivity index (χ0) is 14.1. The average Bonchev–Trinajstić information content (AvgIpc) is 2.55. The van der Waals surface area contributed by atoms with Crippen LogP contribution >= 0.6 is 0 Å². The maximum Gasteiger partial charge on any atom is 0.192 e. The third kappa shape index (κ3) is 3.24. The number of rotatable bonds is 4. The highest BCUT2D eigenvalue weighted by Crippen LogP contribution is 2.40. The smallest absolute Gasteiger partial charge is 0.192 e. The van der Waals surface area contributed by atoms with E-state index in [1.165, 1.54) is 11.1 Å². The lowest BCUT2D eigenvalue weighted by atomic mass is 9.98. The van der Waals surface area contributed by atoms with Crippen LogP contribution in [-0.2, 0) is 4.43 Å². The van der Waals surface area contributed by atoms with Gasteiger partial charge in [-0.25, -0.2) is 0 Å². The van der Waals surface area contributed by atoms with E-state index in [1.54, 1.807) is 0 Å². The van der Waals surface area contributed by atoms with Gasteiger partial charge in [0, 0.05) is 6.42 Å². The van der Waals surface area contributed by atoms with Crippen molar-refractivity contribution < 1.29 is 4.43 Å². The maximum atomic E-state index is 6.43. The molecule has 0 saturated carbocycles. The molecule has 2 unspecified atom stereocenters. The van der Waals surface area contributed by atoms with E-state index in [2.05, 4.69) is 60.0 Å². The Bertz CT molecular complexity index is 371. The summed E-state index contributed by atoms with van der Waals surface area (Å²) >= 11 is 0. The molecule has 0 heterocycles. The largest absolute Gasteiger partial charge is 0.410 e. The van der Waals surface area contributed by atoms with Crippen molar-refractivity contribution in [3.05, 3.63) is 36.5 Å². The van der Waals surface area contributed by atoms with Crippen LogP contribution in [0.5, 0.6) is 0 Å². The number of hydrogen-bond donors (Lipinski definition) is 0. The van der Waals surface area contributed by atoms with Crippen LogP contribution in [0.3, 0.4) is 0 Å². The van der Waals surface area contributed by atoms with E-state index in [-0.39, 0.29) is 11.1 Å². The van der Waals surface area contributed by atoms with E-state index >= 15 is 0 Å². The lowest BCUT2D eigenvalue weighted by molar-refractivity contribution is 0.231. The van der Waals surface area contributed by atoms with Gasteiger partial charge in [-0.1, -0.05) is 46.4 Å². The van der Waals surface area contributed by atoms with E-state index in [0.717, 1.165) is 6.42 Å². The maximum absolute atomic E-state index is 6.43. The second-order valence-corrected chi connectivity index (χ2v) is 11.6. The van der Waals surface area contributed by atoms with Crippen LogP contribution in [0.2, 0.25) is 18.1 Å². The van der Waals surface area contributed by atoms with E-state index in [4.69, 9.17) is 4.43 Å². The predicted molar refractivity (Wildman–Crippen MR) is 83.3 cm³/mol. The van der Waals surface area contributed by atoms with Gasteiger partial charge in [-0.15, -0.1) is 6.58 Å². The first-order valence-corrected chi connectivity index (χ1v) is 9.69. The van der Waals surface area contributed by atoms with Gasteiger partial charge in [-0.2, -0.15) is 0 Å². The molecule has 2 atom stereocenters. The summed E-state index contributed by atoms with van der Waals surface area (Å²) in [5.74, 6) is 0.380. The molecule has 0 spiro atoms. The lowest BCUT2D eigenvalue weighted by Crippen LogP contribution is -2.43. The highest BCUT2D eigenvalue weighted by Gasteiger charge is 2.39. The van der Waals surface area contributed by atoms with Crippen LogP contribution in [0.15, 0.2) is 36.5 Å². The molecule has 1 aliphatic carbocycles. The minimum Gasteiger partial charge on any atom is -0.410 e. The summed E-state index contributed by atoms with van der Waals surface area (Å²) in [4.78, 5) is 0. The van der Waals surface area contributed by atoms with E-state index in [9.17, 15) is 0 Å². The van der Waals surface area contributed by atoms with Crippen molar-refractivity contribution in [3.8, 4) is 0 Å². The SMILES string of the molecule is C=CC(C)C1=CC(O[Si](C)(C)C(C)(C)C)CC1=C. The molecule has 1 rings (SSSR count). The predicted octanol–water partition coefficient (Wildman–Crippen LogP) is 5.09. The Balaban J connectivity index is 2.81. The molecule has 2 heteroatoms. The fraction of sp³-hybridized carbons (Fsp3) is 0.625. The van der Waals surface area contributed by atoms with E-state index in [0.29, 0.717) is 5.92 Å². The van der Waals surface area contributed by atoms with Crippen LogP contribution < -0.4 is 0 Å². The van der Waals surface area contributed by atoms with Crippen LogP contribution in [0.25, 0.3) is 0 Å². The monoisotopic (exact) mass is 264 g/mol. The van der Waals surface area contributed by atoms with E-state index in [1.807, 2.05) is 6.08 Å². The summed E-state index contributed by atoms with van der Waals surface area (Å²) in [6.07, 6.45) is 5.40. The summed E-state index contributed by atoms with van der Waals surface area (Å²) in [7, 11) is -1.69. The Kier molecular flexibility index (Phi) is 4.45. The Labute approximate surface area is 114 Å². The van der Waals surface area contributed by atoms with Crippen LogP contribution in [0.1, 0.15) is 34.1 Å². The first kappa shape index (κ1) is 15.5. The van der Waals surface area contributed by atoms with Gasteiger partial charge in [0.2, 0.25) is 0 Å². The van der Waals surface area contributed by atoms with Gasteiger partial charge in [-0.3, -0.25) is 0 Å². The Hall–Kier alpha value is -0.603. The Morgan fingerprint density at radius 1 is 1.44 bits per heavy atom. The van der Waals surface area contributed by atoms with Gasteiger partial charge in [0.25, 0.3) is 0 Å². The average molecular weight is 264 g/mol. The molecule has 1 aliphatic rings. The van der Waals surface area contributed by atoms with Crippen LogP contribution in [-0.4, -0.2) is 14.4 Å². The summed E-state index contributed by atoms with van der Waals surface area (Å²) in [5.41, 5.74) is 2.53. The van der Waals surface area contributed by atoms with Gasteiger partial charge in [-0.05, 0) is 35.2 Å². The number of allylic oxidation sites excluding steroid dienone is 2. The quantitative estimate of drug-likeness (QED) is 0.508. The van der Waals surface area contributed by atoms with Gasteiger partial charge in [0.1, 0.15) is 0 Å². The van der Waals surface area contributed by atoms with Crippen LogP contribution in [0.4, 0.5) is 0 Å². The summed E-state index contributed by atoms with van der Waals surface area (Å²) < 4.78 is 6.43. The van der Waals surface area contributed by atoms with E-state index < -0.39 is 8.32 Å². The fourth-order valence-electron chi connectivity index (χ4n) is 1.97. The standard InChI is InChI=1S/C16H28OSi/c1-9-12(2)15-11-14(10-13(15)3)17-18(7,8)16(4,5)6/h9,11-12,14H,1,3,10H2,2,4-8H3. The molecular formula is C16H28OSi. The molecule has 0 bridgehead atoms. The summed E-state index contributed by atoms with van der Waals surface area (Å²) in [6.45, 7) is 21.6. The highest BCUT2D eigenvalue weighted by atomic mass is 28.4. The van der Waals surface area contributed by atoms with Crippen molar-refractivity contribution in [1.29, 1.82) is 0 Å². The first-order valence-electron chi connectivity index (χ1n) is 6.78. The van der Waals surface area contributed by atoms with Crippen molar-refractivity contribution in [2.45, 2.75) is 58.4 Å². The van der Waals surface area contributed by atoms with Crippen molar-refractivity contribution in [2.75, 3.05) is 0 Å². The van der Waals surface area contributed by atoms with Gasteiger partial charge >= 0.3 is 0 Å². The zero-order valence-electron chi connectivity index (χ0n) is 12.8. The van der Waals surface area contributed by atoms with Crippen molar-refractivity contribution in [1.82, 2.24) is 0 Å². The van der Waals surface area contributed by atoms with Crippen molar-refractivity contribution in [3.63, 3.8) is 0 Å². The number of hydrogen-bond acceptors (Lipinski definition) is 1. The summed E-state index contributed by atoms with van der Waals surface area (Å²) in [6, 6.07) is 0. The van der Waals surface area contributed by atoms with Crippen molar-refractivity contribution >= 4 is 8.32 Å². The molecule has 0 N–H and O–H groups in total. The molecule has 18 heavy (non-hydrogen) atoms. The fourth-order valence-corrected chi connectivity index (χ4v) is 3.23. The molecule has 0 saturated heterocycles. The second-order valence-electron chi connectivity index (χ2n) is 6.87. The van der Waals surface area contributed by atoms with Crippen LogP contribution in [0, 0.1) is 5.92 Å². The molecule has 0 aromatic carbocycles.